The summed E-state index contributed by atoms with van der Waals surface area (Å²) in [5.41, 5.74) is -1.65. The van der Waals surface area contributed by atoms with Crippen LogP contribution in [0.25, 0.3) is 0 Å². The van der Waals surface area contributed by atoms with Crippen LogP contribution in [0.15, 0.2) is 59.1 Å². The van der Waals surface area contributed by atoms with Crippen molar-refractivity contribution in [2.24, 2.45) is 23.7 Å². The maximum Gasteiger partial charge on any atom is 0.290 e. The van der Waals surface area contributed by atoms with Crippen molar-refractivity contribution in [1.29, 1.82) is 0 Å². The number of ether oxygens (including phenoxy) is 4. The minimum Gasteiger partial charge on any atom is -0.497 e. The number of ketones is 2. The molecule has 0 spiro atoms. The lowest BCUT2D eigenvalue weighted by Crippen LogP contribution is -2.58. The highest BCUT2D eigenvalue weighted by Crippen LogP contribution is 2.47. The number of benzene rings is 2. The second-order valence-electron chi connectivity index (χ2n) is 23.3. The molecule has 12 atom stereocenters. The molecule has 2 aliphatic heterocycles. The van der Waals surface area contributed by atoms with Crippen molar-refractivity contribution in [2.45, 2.75) is 165 Å². The summed E-state index contributed by atoms with van der Waals surface area (Å²) in [6, 6.07) is 8.52. The zero-order valence-corrected chi connectivity index (χ0v) is 47.0. The molecule has 2 aromatic carbocycles. The van der Waals surface area contributed by atoms with Crippen LogP contribution in [-0.4, -0.2) is 149 Å². The predicted molar refractivity (Wildman–Crippen MR) is 289 cm³/mol. The highest BCUT2D eigenvalue weighted by atomic mass is 16.6. The number of Topliss-reactive ketones (excluding diaryl/α,β-unsaturated/α-hetero) is 2. The Morgan fingerprint density at radius 1 is 0.650 bits per heavy atom. The normalized spacial score (nSPS) is 24.4. The molecule has 2 saturated heterocycles. The van der Waals surface area contributed by atoms with E-state index in [9.17, 15) is 48.6 Å². The van der Waals surface area contributed by atoms with Crippen molar-refractivity contribution < 1.29 is 72.0 Å². The minimum atomic E-state index is -1.46. The zero-order valence-electron chi connectivity index (χ0n) is 47.0. The molecule has 4 aliphatic rings. The number of aliphatic hydroxyl groups is 2. The molecule has 8 N–H and O–H groups in total. The Morgan fingerprint density at radius 3 is 1.46 bits per heavy atom. The fraction of sp³-hybridized carbons (Fsp3) is 0.603. The van der Waals surface area contributed by atoms with E-state index in [1.54, 1.807) is 69.3 Å². The number of amides is 6. The Morgan fingerprint density at radius 2 is 1.07 bits per heavy atom. The fourth-order valence-corrected chi connectivity index (χ4v) is 11.1. The van der Waals surface area contributed by atoms with Gasteiger partial charge in [0.1, 0.15) is 46.9 Å². The van der Waals surface area contributed by atoms with Gasteiger partial charge < -0.3 is 65.6 Å². The number of epoxide rings is 2. The first-order valence-electron chi connectivity index (χ1n) is 27.6. The fourth-order valence-electron chi connectivity index (χ4n) is 11.1. The maximum absolute atomic E-state index is 14.4. The van der Waals surface area contributed by atoms with Gasteiger partial charge in [-0.1, -0.05) is 42.3 Å². The quantitative estimate of drug-likeness (QED) is 0.0463. The molecule has 2 aliphatic carbocycles. The van der Waals surface area contributed by atoms with Crippen molar-refractivity contribution in [3.63, 3.8) is 0 Å². The molecular formula is C58H79N7O15. The van der Waals surface area contributed by atoms with Gasteiger partial charge in [0, 0.05) is 18.9 Å². The lowest BCUT2D eigenvalue weighted by Gasteiger charge is -2.27. The summed E-state index contributed by atoms with van der Waals surface area (Å²) >= 11 is 0. The molecule has 0 bridgehead atoms. The first kappa shape index (κ1) is 60.9. The average molecular weight is 1110 g/mol. The third kappa shape index (κ3) is 16.7. The number of aryl methyl sites for hydroxylation is 1. The van der Waals surface area contributed by atoms with Crippen LogP contribution in [0.5, 0.6) is 11.5 Å². The number of hydrogen-bond donors (Lipinski definition) is 8. The number of nitrogens with one attached hydrogen (secondary N) is 6. The standard InChI is InChI=1S/C58H79N7O15/c1-32-21-47(80-65-32)55(74)64-46(29-66)54(73)63-45(25-35-13-19-41(77-8)20-14-35)53(72)61-43(50(69)58(6)31-79-58)27-37-10-16-39(23-37)38-15-9-36(22-38)26-42(49(68)57(5)30-78-57)60-52(71)44(24-34-11-17-40(76-7)18-12-34)62-51(70)33(2)59-48(67)28-56(3,4)75/h11-14,17-21,33,36-39,42-46,66,75H,9-10,15-16,22-31H2,1-8H3,(H,59,67)(H,60,71)(H,61,72)(H,62,70)(H,63,73)(H,64,74). The van der Waals surface area contributed by atoms with E-state index in [-0.39, 0.29) is 61.6 Å². The highest BCUT2D eigenvalue weighted by Gasteiger charge is 2.52. The van der Waals surface area contributed by atoms with E-state index in [0.29, 0.717) is 53.0 Å². The van der Waals surface area contributed by atoms with Gasteiger partial charge in [-0.2, -0.15) is 0 Å². The molecule has 22 nitrogen and oxygen atoms in total. The molecule has 12 unspecified atom stereocenters. The van der Waals surface area contributed by atoms with Crippen LogP contribution in [0.3, 0.4) is 0 Å². The number of aromatic nitrogens is 1. The molecule has 1 aromatic heterocycles. The Balaban J connectivity index is 1.00. The predicted octanol–water partition coefficient (Wildman–Crippen LogP) is 2.51. The Bertz CT molecular complexity index is 2700. The first-order valence-corrected chi connectivity index (χ1v) is 27.6. The van der Waals surface area contributed by atoms with Crippen molar-refractivity contribution in [1.82, 2.24) is 37.1 Å². The van der Waals surface area contributed by atoms with Crippen LogP contribution in [-0.2, 0) is 55.9 Å². The summed E-state index contributed by atoms with van der Waals surface area (Å²) in [5.74, 6) is -2.85. The average Bonchev–Trinajstić information content (AvgIpc) is 4.12. The molecule has 3 heterocycles. The van der Waals surface area contributed by atoms with E-state index in [1.165, 1.54) is 41.1 Å². The van der Waals surface area contributed by atoms with E-state index in [2.05, 4.69) is 37.1 Å². The van der Waals surface area contributed by atoms with Gasteiger partial charge >= 0.3 is 0 Å². The lowest BCUT2D eigenvalue weighted by molar-refractivity contribution is -0.134. The van der Waals surface area contributed by atoms with Crippen LogP contribution in [0.4, 0.5) is 0 Å². The van der Waals surface area contributed by atoms with Gasteiger partial charge in [0.2, 0.25) is 35.3 Å². The number of carbonyl (C=O) groups is 8. The van der Waals surface area contributed by atoms with Crippen molar-refractivity contribution in [3.8, 4) is 11.5 Å². The Hall–Kier alpha value is -6.75. The van der Waals surface area contributed by atoms with E-state index >= 15 is 0 Å². The van der Waals surface area contributed by atoms with Crippen molar-refractivity contribution in [2.75, 3.05) is 34.0 Å². The molecule has 2 saturated carbocycles. The Kier molecular flexibility index (Phi) is 20.0. The third-order valence-electron chi connectivity index (χ3n) is 15.9. The van der Waals surface area contributed by atoms with Crippen LogP contribution in [0, 0.1) is 30.6 Å². The monoisotopic (exact) mass is 1110 g/mol. The van der Waals surface area contributed by atoms with Crippen molar-refractivity contribution in [3.05, 3.63) is 77.2 Å². The summed E-state index contributed by atoms with van der Waals surface area (Å²) in [4.78, 5) is 110. The van der Waals surface area contributed by atoms with E-state index in [1.807, 2.05) is 0 Å². The summed E-state index contributed by atoms with van der Waals surface area (Å²) in [7, 11) is 3.06. The molecule has 80 heavy (non-hydrogen) atoms. The molecular weight excluding hydrogens is 1030 g/mol. The van der Waals surface area contributed by atoms with Crippen LogP contribution >= 0.6 is 0 Å². The topological polar surface area (TPSA) is 319 Å². The Labute approximate surface area is 466 Å². The number of carbonyl (C=O) groups excluding carboxylic acids is 8. The summed E-state index contributed by atoms with van der Waals surface area (Å²) in [6.07, 6.45) is 5.47. The van der Waals surface area contributed by atoms with Gasteiger partial charge in [0.15, 0.2) is 11.6 Å². The van der Waals surface area contributed by atoms with Gasteiger partial charge in [0.05, 0.1) is 63.8 Å². The number of methoxy groups -OCH3 is 2. The van der Waals surface area contributed by atoms with E-state index in [4.69, 9.17) is 23.5 Å². The lowest BCUT2D eigenvalue weighted by atomic mass is 9.85. The van der Waals surface area contributed by atoms with Gasteiger partial charge in [-0.3, -0.25) is 38.4 Å². The second kappa shape index (κ2) is 26.2. The summed E-state index contributed by atoms with van der Waals surface area (Å²) < 4.78 is 26.8. The molecule has 22 heteroatoms. The zero-order chi connectivity index (χ0) is 58.1. The van der Waals surface area contributed by atoms with E-state index < -0.39 is 95.1 Å². The largest absolute Gasteiger partial charge is 0.497 e. The maximum atomic E-state index is 14.4. The first-order chi connectivity index (χ1) is 37.9. The van der Waals surface area contributed by atoms with Crippen LogP contribution < -0.4 is 41.4 Å². The third-order valence-corrected chi connectivity index (χ3v) is 15.9. The number of hydrogen-bond acceptors (Lipinski definition) is 16. The smallest absolute Gasteiger partial charge is 0.290 e. The second-order valence-corrected chi connectivity index (χ2v) is 23.3. The van der Waals surface area contributed by atoms with Crippen LogP contribution in [0.2, 0.25) is 0 Å². The van der Waals surface area contributed by atoms with Gasteiger partial charge in [-0.05, 0) is 139 Å². The van der Waals surface area contributed by atoms with Crippen LogP contribution in [0.1, 0.15) is 120 Å². The molecule has 436 valence electrons. The van der Waals surface area contributed by atoms with E-state index in [0.717, 1.165) is 38.5 Å². The minimum absolute atomic E-state index is 0.00698. The van der Waals surface area contributed by atoms with Crippen molar-refractivity contribution >= 4 is 47.0 Å². The SMILES string of the molecule is COc1ccc(CC(NC(=O)C(C)NC(=O)CC(C)(C)O)C(=O)NC(CC2CCC(C3CCC(CC(NC(=O)C(Cc4ccc(OC)cc4)NC(=O)C(CO)NC(=O)c4cc(C)no4)C(=O)C4(C)CO4)C3)C2)C(=O)C2(C)CO2)cc1. The molecule has 7 rings (SSSR count). The molecule has 3 aromatic rings. The van der Waals surface area contributed by atoms with Gasteiger partial charge in [0.25, 0.3) is 5.91 Å². The molecule has 6 amide bonds. The summed E-state index contributed by atoms with van der Waals surface area (Å²) in [5, 5.41) is 40.5. The number of nitrogens with zero attached hydrogens (tertiary/aromatic N) is 1. The molecule has 0 radical (unpaired) electrons. The summed E-state index contributed by atoms with van der Waals surface area (Å²) in [6.45, 7) is 9.06. The number of rotatable bonds is 29. The van der Waals surface area contributed by atoms with Gasteiger partial charge in [-0.25, -0.2) is 0 Å². The molecule has 4 fully saturated rings. The highest BCUT2D eigenvalue weighted by molar-refractivity contribution is 6.00. The van der Waals surface area contributed by atoms with Gasteiger partial charge in [-0.15, -0.1) is 0 Å². The number of aliphatic hydroxyl groups excluding tert-OH is 1.